The molecule has 0 saturated heterocycles. The monoisotopic (exact) mass is 443 g/mol. The normalized spacial score (nSPS) is 26.9. The van der Waals surface area contributed by atoms with Gasteiger partial charge < -0.3 is 15.0 Å². The van der Waals surface area contributed by atoms with Crippen molar-refractivity contribution in [1.82, 2.24) is 10.2 Å². The molecule has 3 atom stereocenters. The topological polar surface area (TPSA) is 53.9 Å². The number of amides is 1. The third kappa shape index (κ3) is 3.51. The molecule has 1 aliphatic carbocycles. The highest BCUT2D eigenvalue weighted by molar-refractivity contribution is 5.95. The van der Waals surface area contributed by atoms with E-state index in [0.717, 1.165) is 22.4 Å². The van der Waals surface area contributed by atoms with Gasteiger partial charge in [0.15, 0.2) is 0 Å². The lowest BCUT2D eigenvalue weighted by Gasteiger charge is -2.41. The highest BCUT2D eigenvalue weighted by Gasteiger charge is 2.42. The zero-order chi connectivity index (χ0) is 22.5. The van der Waals surface area contributed by atoms with E-state index < -0.39 is 18.1 Å². The second-order valence-electron chi connectivity index (χ2n) is 8.50. The van der Waals surface area contributed by atoms with E-state index in [2.05, 4.69) is 34.3 Å². The van der Waals surface area contributed by atoms with Crippen LogP contribution in [0.4, 0.5) is 13.2 Å². The van der Waals surface area contributed by atoms with Gasteiger partial charge in [0.25, 0.3) is 0 Å². The minimum Gasteiger partial charge on any atom is -0.474 e. The van der Waals surface area contributed by atoms with Gasteiger partial charge in [0.2, 0.25) is 5.90 Å². The molecular formula is C24H24F3N3O2. The Morgan fingerprint density at radius 2 is 2.09 bits per heavy atom. The van der Waals surface area contributed by atoms with Gasteiger partial charge in [0, 0.05) is 6.04 Å². The molecule has 0 radical (unpaired) electrons. The summed E-state index contributed by atoms with van der Waals surface area (Å²) in [5.74, 6) is -1.23. The third-order valence-electron chi connectivity index (χ3n) is 6.63. The molecule has 0 saturated carbocycles. The van der Waals surface area contributed by atoms with Crippen molar-refractivity contribution in [3.05, 3.63) is 64.9 Å². The lowest BCUT2D eigenvalue weighted by Crippen LogP contribution is -2.45. The van der Waals surface area contributed by atoms with Gasteiger partial charge in [-0.25, -0.2) is 4.99 Å². The Bertz CT molecular complexity index is 1070. The summed E-state index contributed by atoms with van der Waals surface area (Å²) in [6, 6.07) is 7.45. The predicted octanol–water partition coefficient (Wildman–Crippen LogP) is 4.30. The molecule has 32 heavy (non-hydrogen) atoms. The molecule has 168 valence electrons. The number of nitrogens with one attached hydrogen (secondary N) is 1. The fourth-order valence-electron chi connectivity index (χ4n) is 5.23. The average molecular weight is 443 g/mol. The number of nitrogens with zero attached hydrogens (tertiary/aromatic N) is 2. The lowest BCUT2D eigenvalue weighted by atomic mass is 9.80. The number of alkyl halides is 3. The summed E-state index contributed by atoms with van der Waals surface area (Å²) in [4.78, 5) is 18.4. The van der Waals surface area contributed by atoms with Crippen molar-refractivity contribution < 1.29 is 22.7 Å². The van der Waals surface area contributed by atoms with Crippen LogP contribution in [-0.2, 0) is 9.53 Å². The number of aliphatic imine (C=N–C) groups is 1. The number of carbonyl (C=O) groups excluding carboxylic acids is 1. The van der Waals surface area contributed by atoms with Crippen molar-refractivity contribution in [2.45, 2.75) is 50.5 Å². The number of carbonyl (C=O) groups is 1. The van der Waals surface area contributed by atoms with E-state index >= 15 is 0 Å². The van der Waals surface area contributed by atoms with Gasteiger partial charge in [-0.1, -0.05) is 36.4 Å². The largest absolute Gasteiger partial charge is 0.474 e. The molecule has 0 aromatic heterocycles. The summed E-state index contributed by atoms with van der Waals surface area (Å²) in [6.07, 6.45) is 2.71. The van der Waals surface area contributed by atoms with Crippen molar-refractivity contribution in [2.24, 2.45) is 4.99 Å². The molecule has 4 aliphatic rings. The van der Waals surface area contributed by atoms with E-state index in [0.29, 0.717) is 38.3 Å². The fraction of sp³-hybridized carbons (Fsp3) is 0.417. The molecule has 8 heteroatoms. The lowest BCUT2D eigenvalue weighted by molar-refractivity contribution is -0.174. The van der Waals surface area contributed by atoms with E-state index in [1.165, 1.54) is 5.57 Å². The quantitative estimate of drug-likeness (QED) is 0.742. The highest BCUT2D eigenvalue weighted by atomic mass is 19.4. The Balaban J connectivity index is 1.56. The van der Waals surface area contributed by atoms with Gasteiger partial charge in [-0.2, -0.15) is 13.2 Å². The summed E-state index contributed by atoms with van der Waals surface area (Å²) in [7, 11) is 0. The Labute approximate surface area is 184 Å². The molecule has 1 amide bonds. The number of allylic oxidation sites excluding steroid dienone is 2. The molecule has 3 aliphatic heterocycles. The van der Waals surface area contributed by atoms with Crippen LogP contribution in [0.15, 0.2) is 58.8 Å². The summed E-state index contributed by atoms with van der Waals surface area (Å²) in [5, 5.41) is 2.20. The van der Waals surface area contributed by atoms with Crippen LogP contribution < -0.4 is 5.32 Å². The standard InChI is InChI=1S/C24H24F3N3O2/c1-14-16-5-2-3-6-17(16)19-13-15(29-23(31)24(25,26)27)9-10-18(19)20-7-4-8-21(30(14)20)22-28-11-12-32-22/h2-8,14-15,20H,9-13H2,1H3,(H,29,31)/t14-,15-,20?/m1/s1. The predicted molar refractivity (Wildman–Crippen MR) is 115 cm³/mol. The SMILES string of the molecule is C[C@@H]1c2ccccc2C2=C(CC[C@@H](NC(=O)C(F)(F)F)C2)C2C=CC=C(C3=NCCO3)N21. The molecular weight excluding hydrogens is 419 g/mol. The maximum absolute atomic E-state index is 12.8. The smallest absolute Gasteiger partial charge is 0.471 e. The first-order valence-electron chi connectivity index (χ1n) is 10.9. The first-order valence-corrected chi connectivity index (χ1v) is 10.9. The molecule has 1 N–H and O–H groups in total. The second-order valence-corrected chi connectivity index (χ2v) is 8.50. The Hall–Kier alpha value is -3.03. The Kier molecular flexibility index (Phi) is 5.10. The minimum atomic E-state index is -4.88. The van der Waals surface area contributed by atoms with Crippen molar-refractivity contribution in [3.8, 4) is 0 Å². The van der Waals surface area contributed by atoms with Gasteiger partial charge in [-0.3, -0.25) is 4.79 Å². The van der Waals surface area contributed by atoms with E-state index in [9.17, 15) is 18.0 Å². The van der Waals surface area contributed by atoms with Crippen LogP contribution in [0, 0.1) is 0 Å². The summed E-state index contributed by atoms with van der Waals surface area (Å²) >= 11 is 0. The van der Waals surface area contributed by atoms with Gasteiger partial charge >= 0.3 is 12.1 Å². The number of fused-ring (bicyclic) bond motifs is 4. The molecule has 0 fully saturated rings. The number of rotatable bonds is 2. The van der Waals surface area contributed by atoms with Crippen molar-refractivity contribution >= 4 is 17.4 Å². The number of benzene rings is 1. The van der Waals surface area contributed by atoms with Crippen molar-refractivity contribution in [2.75, 3.05) is 13.2 Å². The molecule has 5 rings (SSSR count). The molecule has 0 bridgehead atoms. The van der Waals surface area contributed by atoms with Crippen LogP contribution in [0.25, 0.3) is 5.57 Å². The maximum Gasteiger partial charge on any atom is 0.471 e. The average Bonchev–Trinajstić information content (AvgIpc) is 3.29. The van der Waals surface area contributed by atoms with E-state index in [1.54, 1.807) is 0 Å². The van der Waals surface area contributed by atoms with Crippen LogP contribution in [-0.4, -0.2) is 48.1 Å². The van der Waals surface area contributed by atoms with Crippen LogP contribution in [0.3, 0.4) is 0 Å². The molecule has 1 unspecified atom stereocenters. The Morgan fingerprint density at radius 3 is 2.84 bits per heavy atom. The highest BCUT2D eigenvalue weighted by Crippen LogP contribution is 2.46. The molecule has 1 aromatic rings. The molecule has 5 nitrogen and oxygen atoms in total. The maximum atomic E-state index is 12.8. The third-order valence-corrected chi connectivity index (χ3v) is 6.63. The summed E-state index contributed by atoms with van der Waals surface area (Å²) < 4.78 is 44.3. The first kappa shape index (κ1) is 20.8. The van der Waals surface area contributed by atoms with Crippen molar-refractivity contribution in [1.29, 1.82) is 0 Å². The van der Waals surface area contributed by atoms with E-state index in [4.69, 9.17) is 4.74 Å². The summed E-state index contributed by atoms with van der Waals surface area (Å²) in [5.41, 5.74) is 5.28. The van der Waals surface area contributed by atoms with Crippen LogP contribution in [0.2, 0.25) is 0 Å². The number of hydrogen-bond donors (Lipinski definition) is 1. The van der Waals surface area contributed by atoms with Crippen LogP contribution >= 0.6 is 0 Å². The second kappa shape index (κ2) is 7.83. The van der Waals surface area contributed by atoms with Crippen LogP contribution in [0.5, 0.6) is 0 Å². The van der Waals surface area contributed by atoms with Gasteiger partial charge in [-0.05, 0) is 54.5 Å². The molecule has 3 heterocycles. The van der Waals surface area contributed by atoms with Crippen LogP contribution in [0.1, 0.15) is 43.4 Å². The van der Waals surface area contributed by atoms with Gasteiger partial charge in [-0.15, -0.1) is 0 Å². The zero-order valence-corrected chi connectivity index (χ0v) is 17.7. The summed E-state index contributed by atoms with van der Waals surface area (Å²) in [6.45, 7) is 3.33. The zero-order valence-electron chi connectivity index (χ0n) is 17.7. The number of ether oxygens (including phenoxy) is 1. The Morgan fingerprint density at radius 1 is 1.28 bits per heavy atom. The minimum absolute atomic E-state index is 0.00752. The molecule has 0 spiro atoms. The van der Waals surface area contributed by atoms with Gasteiger partial charge in [0.05, 0.1) is 18.6 Å². The fourth-order valence-corrected chi connectivity index (χ4v) is 5.23. The molecule has 1 aromatic carbocycles. The number of halogens is 3. The number of hydrogen-bond acceptors (Lipinski definition) is 4. The first-order chi connectivity index (χ1) is 15.3. The van der Waals surface area contributed by atoms with E-state index in [-0.39, 0.29) is 12.1 Å². The van der Waals surface area contributed by atoms with Gasteiger partial charge in [0.1, 0.15) is 12.3 Å². The van der Waals surface area contributed by atoms with Crippen molar-refractivity contribution in [3.63, 3.8) is 0 Å². The van der Waals surface area contributed by atoms with E-state index in [1.807, 2.05) is 30.4 Å².